The van der Waals surface area contributed by atoms with E-state index in [1.807, 2.05) is 0 Å². The molecule has 1 aromatic carbocycles. The number of halogens is 4. The van der Waals surface area contributed by atoms with Crippen LogP contribution in [-0.4, -0.2) is 11.4 Å². The summed E-state index contributed by atoms with van der Waals surface area (Å²) >= 11 is 16.2. The molecule has 0 radical (unpaired) electrons. The van der Waals surface area contributed by atoms with E-state index in [0.717, 1.165) is 0 Å². The van der Waals surface area contributed by atoms with Crippen LogP contribution in [0.25, 0.3) is 0 Å². The van der Waals surface area contributed by atoms with Gasteiger partial charge in [-0.2, -0.15) is 0 Å². The maximum Gasteiger partial charge on any atom is 0.235 e. The largest absolute Gasteiger partial charge is 0.289 e. The van der Waals surface area contributed by atoms with Crippen LogP contribution in [0.4, 0.5) is 4.39 Å². The molecule has 0 aromatic heterocycles. The molecule has 70 valence electrons. The van der Waals surface area contributed by atoms with Gasteiger partial charge in [0.05, 0.1) is 10.0 Å². The predicted octanol–water partition coefficient (Wildman–Crippen LogP) is 3.71. The molecule has 1 nitrogen and oxygen atoms in total. The second kappa shape index (κ2) is 4.27. The zero-order valence-corrected chi connectivity index (χ0v) is 8.50. The summed E-state index contributed by atoms with van der Waals surface area (Å²) in [5, 5.41) is 0.507. The Balaban J connectivity index is 3.04. The molecule has 5 heteroatoms. The smallest absolute Gasteiger partial charge is 0.235 e. The minimum Gasteiger partial charge on any atom is -0.289 e. The van der Waals surface area contributed by atoms with Gasteiger partial charge in [-0.25, -0.2) is 4.39 Å². The van der Waals surface area contributed by atoms with Crippen molar-refractivity contribution in [2.45, 2.75) is 5.63 Å². The van der Waals surface area contributed by atoms with Gasteiger partial charge in [-0.3, -0.25) is 4.79 Å². The van der Waals surface area contributed by atoms with Crippen LogP contribution in [0.5, 0.6) is 0 Å². The van der Waals surface area contributed by atoms with Crippen molar-refractivity contribution in [1.82, 2.24) is 0 Å². The van der Waals surface area contributed by atoms with Crippen LogP contribution in [0.1, 0.15) is 10.4 Å². The number of rotatable bonds is 2. The van der Waals surface area contributed by atoms with Crippen LogP contribution in [-0.2, 0) is 0 Å². The summed E-state index contributed by atoms with van der Waals surface area (Å²) in [6, 6.07) is 4.06. The predicted molar refractivity (Wildman–Crippen MR) is 51.5 cm³/mol. The van der Waals surface area contributed by atoms with E-state index in [1.54, 1.807) is 0 Å². The van der Waals surface area contributed by atoms with Gasteiger partial charge in [0, 0.05) is 5.56 Å². The molecule has 0 bridgehead atoms. The average molecular weight is 241 g/mol. The highest BCUT2D eigenvalue weighted by molar-refractivity contribution is 6.42. The first-order chi connectivity index (χ1) is 6.02. The van der Waals surface area contributed by atoms with Crippen LogP contribution >= 0.6 is 34.8 Å². The lowest BCUT2D eigenvalue weighted by Crippen LogP contribution is -2.08. The lowest BCUT2D eigenvalue weighted by Gasteiger charge is -2.01. The molecule has 0 aliphatic heterocycles. The Morgan fingerprint density at radius 3 is 2.38 bits per heavy atom. The third-order valence-corrected chi connectivity index (χ3v) is 2.34. The Hall–Kier alpha value is -0.310. The van der Waals surface area contributed by atoms with Gasteiger partial charge in [-0.05, 0) is 18.2 Å². The van der Waals surface area contributed by atoms with Gasteiger partial charge in [-0.1, -0.05) is 34.8 Å². The van der Waals surface area contributed by atoms with Crippen LogP contribution < -0.4 is 0 Å². The molecule has 0 heterocycles. The van der Waals surface area contributed by atoms with Crippen molar-refractivity contribution in [3.8, 4) is 0 Å². The minimum absolute atomic E-state index is 0.108. The molecule has 0 aliphatic carbocycles. The fraction of sp³-hybridized carbons (Fsp3) is 0.125. The standard InChI is InChI=1S/C8H4Cl3FO/c9-5-2-1-4(3-6(5)10)7(13)8(11)12/h1-3,8H. The van der Waals surface area contributed by atoms with E-state index in [-0.39, 0.29) is 10.6 Å². The molecule has 0 saturated carbocycles. The normalized spacial score (nSPS) is 12.6. The number of hydrogen-bond acceptors (Lipinski definition) is 1. The first kappa shape index (κ1) is 10.8. The molecule has 1 atom stereocenters. The first-order valence-corrected chi connectivity index (χ1v) is 4.49. The van der Waals surface area contributed by atoms with Crippen molar-refractivity contribution in [1.29, 1.82) is 0 Å². The molecule has 13 heavy (non-hydrogen) atoms. The van der Waals surface area contributed by atoms with Crippen LogP contribution in [0.3, 0.4) is 0 Å². The zero-order valence-electron chi connectivity index (χ0n) is 6.23. The summed E-state index contributed by atoms with van der Waals surface area (Å²) in [4.78, 5) is 11.0. The van der Waals surface area contributed by atoms with E-state index in [1.165, 1.54) is 18.2 Å². The molecule has 0 fully saturated rings. The maximum absolute atomic E-state index is 12.4. The van der Waals surface area contributed by atoms with Gasteiger partial charge in [0.15, 0.2) is 0 Å². The minimum atomic E-state index is -2.04. The summed E-state index contributed by atoms with van der Waals surface area (Å²) < 4.78 is 12.4. The van der Waals surface area contributed by atoms with Crippen molar-refractivity contribution >= 4 is 40.6 Å². The van der Waals surface area contributed by atoms with Crippen LogP contribution in [0.2, 0.25) is 10.0 Å². The number of carbonyl (C=O) groups is 1. The first-order valence-electron chi connectivity index (χ1n) is 3.30. The number of benzene rings is 1. The third kappa shape index (κ3) is 2.56. The number of hydrogen-bond donors (Lipinski definition) is 0. The van der Waals surface area contributed by atoms with E-state index in [9.17, 15) is 9.18 Å². The van der Waals surface area contributed by atoms with E-state index in [2.05, 4.69) is 0 Å². The second-order valence-electron chi connectivity index (χ2n) is 2.29. The molecule has 1 unspecified atom stereocenters. The Morgan fingerprint density at radius 1 is 1.31 bits per heavy atom. The summed E-state index contributed by atoms with van der Waals surface area (Å²) in [6.45, 7) is 0. The monoisotopic (exact) mass is 240 g/mol. The molecular formula is C8H4Cl3FO. The topological polar surface area (TPSA) is 17.1 Å². The summed E-state index contributed by atoms with van der Waals surface area (Å²) in [6.07, 6.45) is 0. The highest BCUT2D eigenvalue weighted by Gasteiger charge is 2.16. The molecule has 0 spiro atoms. The Labute approximate surface area is 89.4 Å². The molecule has 0 saturated heterocycles. The fourth-order valence-corrected chi connectivity index (χ4v) is 1.20. The highest BCUT2D eigenvalue weighted by Crippen LogP contribution is 2.23. The van der Waals surface area contributed by atoms with Crippen molar-refractivity contribution in [2.75, 3.05) is 0 Å². The van der Waals surface area contributed by atoms with E-state index in [4.69, 9.17) is 34.8 Å². The van der Waals surface area contributed by atoms with Gasteiger partial charge >= 0.3 is 0 Å². The number of carbonyl (C=O) groups excluding carboxylic acids is 1. The van der Waals surface area contributed by atoms with E-state index >= 15 is 0 Å². The molecule has 0 aliphatic rings. The zero-order chi connectivity index (χ0) is 10.0. The Morgan fingerprint density at radius 2 is 1.92 bits per heavy atom. The van der Waals surface area contributed by atoms with Gasteiger partial charge < -0.3 is 0 Å². The number of ketones is 1. The van der Waals surface area contributed by atoms with E-state index in [0.29, 0.717) is 5.02 Å². The van der Waals surface area contributed by atoms with Crippen molar-refractivity contribution < 1.29 is 9.18 Å². The lowest BCUT2D eigenvalue weighted by atomic mass is 10.1. The van der Waals surface area contributed by atoms with Gasteiger partial charge in [-0.15, -0.1) is 0 Å². The summed E-state index contributed by atoms with van der Waals surface area (Å²) in [5.74, 6) is -0.819. The summed E-state index contributed by atoms with van der Waals surface area (Å²) in [5.41, 5.74) is -1.94. The SMILES string of the molecule is O=C(c1ccc(Cl)c(Cl)c1)C(F)Cl. The van der Waals surface area contributed by atoms with Gasteiger partial charge in [0.1, 0.15) is 0 Å². The van der Waals surface area contributed by atoms with Crippen molar-refractivity contribution in [3.05, 3.63) is 33.8 Å². The van der Waals surface area contributed by atoms with Crippen molar-refractivity contribution in [3.63, 3.8) is 0 Å². The molecule has 0 amide bonds. The Bertz CT molecular complexity index is 338. The average Bonchev–Trinajstić information content (AvgIpc) is 2.08. The molecule has 1 aromatic rings. The molecule has 1 rings (SSSR count). The molecule has 0 N–H and O–H groups in total. The van der Waals surface area contributed by atoms with Gasteiger partial charge in [0.2, 0.25) is 11.4 Å². The molecular weight excluding hydrogens is 237 g/mol. The number of alkyl halides is 2. The third-order valence-electron chi connectivity index (χ3n) is 1.40. The lowest BCUT2D eigenvalue weighted by molar-refractivity contribution is 0.0934. The maximum atomic E-state index is 12.4. The quantitative estimate of drug-likeness (QED) is 0.570. The van der Waals surface area contributed by atoms with Crippen LogP contribution in [0, 0.1) is 0 Å². The number of Topliss-reactive ketones (excluding diaryl/α,β-unsaturated/α-hetero) is 1. The summed E-state index contributed by atoms with van der Waals surface area (Å²) in [7, 11) is 0. The Kier molecular flexibility index (Phi) is 3.54. The van der Waals surface area contributed by atoms with Crippen molar-refractivity contribution in [2.24, 2.45) is 0 Å². The highest BCUT2D eigenvalue weighted by atomic mass is 35.5. The fourth-order valence-electron chi connectivity index (χ4n) is 0.775. The van der Waals surface area contributed by atoms with E-state index < -0.39 is 11.4 Å². The van der Waals surface area contributed by atoms with Crippen LogP contribution in [0.15, 0.2) is 18.2 Å². The van der Waals surface area contributed by atoms with Gasteiger partial charge in [0.25, 0.3) is 0 Å². The second-order valence-corrected chi connectivity index (χ2v) is 3.49.